The standard InChI is InChI=1S/C11H17BrN4O/c1-3-6-16-11(17)10(12)9(8-14-16)15(4-2)7-5-13/h3,8H,1,4-7,13H2,2H3. The third kappa shape index (κ3) is 3.17. The lowest BCUT2D eigenvalue weighted by Crippen LogP contribution is -2.32. The zero-order valence-corrected chi connectivity index (χ0v) is 11.5. The molecule has 5 nitrogen and oxygen atoms in total. The molecule has 0 radical (unpaired) electrons. The van der Waals surface area contributed by atoms with Crippen LogP contribution in [0.1, 0.15) is 6.92 Å². The van der Waals surface area contributed by atoms with E-state index in [-0.39, 0.29) is 5.56 Å². The number of halogens is 1. The van der Waals surface area contributed by atoms with Gasteiger partial charge in [-0.3, -0.25) is 4.79 Å². The van der Waals surface area contributed by atoms with E-state index in [0.717, 1.165) is 12.2 Å². The van der Waals surface area contributed by atoms with Crippen LogP contribution in [0.25, 0.3) is 0 Å². The molecule has 0 aliphatic carbocycles. The lowest BCUT2D eigenvalue weighted by Gasteiger charge is -2.23. The van der Waals surface area contributed by atoms with Crippen molar-refractivity contribution >= 4 is 21.6 Å². The zero-order valence-electron chi connectivity index (χ0n) is 9.90. The maximum atomic E-state index is 12.0. The Morgan fingerprint density at radius 1 is 1.71 bits per heavy atom. The molecule has 94 valence electrons. The maximum Gasteiger partial charge on any atom is 0.283 e. The van der Waals surface area contributed by atoms with Crippen molar-refractivity contribution in [3.05, 3.63) is 33.7 Å². The van der Waals surface area contributed by atoms with Crippen molar-refractivity contribution in [2.24, 2.45) is 5.73 Å². The molecule has 0 atom stereocenters. The molecule has 1 heterocycles. The number of hydrogen-bond donors (Lipinski definition) is 1. The fraction of sp³-hybridized carbons (Fsp3) is 0.455. The Bertz CT molecular complexity index is 444. The highest BCUT2D eigenvalue weighted by molar-refractivity contribution is 9.10. The number of nitrogens with two attached hydrogens (primary N) is 1. The van der Waals surface area contributed by atoms with Crippen LogP contribution in [0.2, 0.25) is 0 Å². The maximum absolute atomic E-state index is 12.0. The summed E-state index contributed by atoms with van der Waals surface area (Å²) < 4.78 is 1.88. The first-order valence-electron chi connectivity index (χ1n) is 5.47. The summed E-state index contributed by atoms with van der Waals surface area (Å²) in [7, 11) is 0. The molecule has 0 aromatic carbocycles. The molecule has 0 amide bonds. The summed E-state index contributed by atoms with van der Waals surface area (Å²) in [5.41, 5.74) is 6.16. The van der Waals surface area contributed by atoms with E-state index >= 15 is 0 Å². The molecule has 2 N–H and O–H groups in total. The third-order valence-electron chi connectivity index (χ3n) is 2.39. The first kappa shape index (κ1) is 13.9. The number of rotatable bonds is 6. The van der Waals surface area contributed by atoms with Gasteiger partial charge in [0.1, 0.15) is 4.47 Å². The summed E-state index contributed by atoms with van der Waals surface area (Å²) in [4.78, 5) is 14.0. The van der Waals surface area contributed by atoms with Gasteiger partial charge in [0.05, 0.1) is 18.4 Å². The predicted molar refractivity (Wildman–Crippen MR) is 73.3 cm³/mol. The molecule has 17 heavy (non-hydrogen) atoms. The summed E-state index contributed by atoms with van der Waals surface area (Å²) in [6, 6.07) is 0. The van der Waals surface area contributed by atoms with Gasteiger partial charge in [-0.1, -0.05) is 6.08 Å². The summed E-state index contributed by atoms with van der Waals surface area (Å²) in [5, 5.41) is 4.10. The number of allylic oxidation sites excluding steroid dienone is 1. The van der Waals surface area contributed by atoms with Gasteiger partial charge in [0.15, 0.2) is 0 Å². The van der Waals surface area contributed by atoms with Crippen molar-refractivity contribution in [3.63, 3.8) is 0 Å². The summed E-state index contributed by atoms with van der Waals surface area (Å²) >= 11 is 3.32. The van der Waals surface area contributed by atoms with Crippen LogP contribution in [-0.4, -0.2) is 29.4 Å². The molecule has 0 fully saturated rings. The molecule has 0 aliphatic heterocycles. The molecule has 1 aromatic rings. The first-order valence-corrected chi connectivity index (χ1v) is 6.26. The van der Waals surface area contributed by atoms with Crippen LogP contribution in [0.3, 0.4) is 0 Å². The Morgan fingerprint density at radius 2 is 2.41 bits per heavy atom. The average molecular weight is 301 g/mol. The second-order valence-electron chi connectivity index (χ2n) is 3.49. The number of anilines is 1. The topological polar surface area (TPSA) is 64.2 Å². The van der Waals surface area contributed by atoms with Crippen LogP contribution in [0.15, 0.2) is 28.1 Å². The van der Waals surface area contributed by atoms with E-state index in [1.807, 2.05) is 11.8 Å². The van der Waals surface area contributed by atoms with E-state index in [1.54, 1.807) is 12.3 Å². The van der Waals surface area contributed by atoms with Crippen molar-refractivity contribution in [1.82, 2.24) is 9.78 Å². The van der Waals surface area contributed by atoms with Gasteiger partial charge in [0.2, 0.25) is 0 Å². The van der Waals surface area contributed by atoms with Gasteiger partial charge in [-0.25, -0.2) is 4.68 Å². The van der Waals surface area contributed by atoms with Gasteiger partial charge in [-0.2, -0.15) is 5.10 Å². The Balaban J connectivity index is 3.14. The third-order valence-corrected chi connectivity index (χ3v) is 3.14. The lowest BCUT2D eigenvalue weighted by molar-refractivity contribution is 0.644. The van der Waals surface area contributed by atoms with Crippen LogP contribution in [-0.2, 0) is 6.54 Å². The van der Waals surface area contributed by atoms with Crippen molar-refractivity contribution < 1.29 is 0 Å². The van der Waals surface area contributed by atoms with Gasteiger partial charge in [0, 0.05) is 19.6 Å². The van der Waals surface area contributed by atoms with E-state index in [9.17, 15) is 4.79 Å². The van der Waals surface area contributed by atoms with Crippen LogP contribution < -0.4 is 16.2 Å². The van der Waals surface area contributed by atoms with Crippen molar-refractivity contribution in [2.45, 2.75) is 13.5 Å². The van der Waals surface area contributed by atoms with E-state index in [2.05, 4.69) is 27.6 Å². The van der Waals surface area contributed by atoms with E-state index in [4.69, 9.17) is 5.73 Å². The van der Waals surface area contributed by atoms with Gasteiger partial charge < -0.3 is 10.6 Å². The first-order chi connectivity index (χ1) is 8.15. The lowest BCUT2D eigenvalue weighted by atomic mass is 10.3. The van der Waals surface area contributed by atoms with E-state index in [1.165, 1.54) is 4.68 Å². The summed E-state index contributed by atoms with van der Waals surface area (Å²) in [5.74, 6) is 0. The Morgan fingerprint density at radius 3 is 2.94 bits per heavy atom. The number of hydrogen-bond acceptors (Lipinski definition) is 4. The van der Waals surface area contributed by atoms with Crippen LogP contribution in [0.4, 0.5) is 5.69 Å². The van der Waals surface area contributed by atoms with E-state index in [0.29, 0.717) is 24.1 Å². The summed E-state index contributed by atoms with van der Waals surface area (Å²) in [6.45, 7) is 8.02. The second kappa shape index (κ2) is 6.56. The smallest absolute Gasteiger partial charge is 0.283 e. The summed E-state index contributed by atoms with van der Waals surface area (Å²) in [6.07, 6.45) is 3.31. The highest BCUT2D eigenvalue weighted by atomic mass is 79.9. The molecule has 0 bridgehead atoms. The Labute approximate surface area is 109 Å². The molecule has 0 aliphatic rings. The fourth-order valence-electron chi connectivity index (χ4n) is 1.53. The molecule has 1 aromatic heterocycles. The quantitative estimate of drug-likeness (QED) is 0.796. The highest BCUT2D eigenvalue weighted by Gasteiger charge is 2.12. The molecular weight excluding hydrogens is 284 g/mol. The average Bonchev–Trinajstić information content (AvgIpc) is 2.33. The Kier molecular flexibility index (Phi) is 5.37. The molecular formula is C11H17BrN4O. The molecule has 0 saturated heterocycles. The molecule has 0 saturated carbocycles. The normalized spacial score (nSPS) is 10.3. The van der Waals surface area contributed by atoms with Crippen LogP contribution in [0, 0.1) is 0 Å². The largest absolute Gasteiger partial charge is 0.368 e. The van der Waals surface area contributed by atoms with E-state index < -0.39 is 0 Å². The monoisotopic (exact) mass is 300 g/mol. The zero-order chi connectivity index (χ0) is 12.8. The van der Waals surface area contributed by atoms with Gasteiger partial charge in [0.25, 0.3) is 5.56 Å². The molecule has 0 unspecified atom stereocenters. The Hall–Kier alpha value is -1.14. The second-order valence-corrected chi connectivity index (χ2v) is 4.28. The minimum Gasteiger partial charge on any atom is -0.368 e. The minimum absolute atomic E-state index is 0.155. The van der Waals surface area contributed by atoms with Crippen molar-refractivity contribution in [2.75, 3.05) is 24.5 Å². The highest BCUT2D eigenvalue weighted by Crippen LogP contribution is 2.20. The predicted octanol–water partition coefficient (Wildman–Crippen LogP) is 0.977. The van der Waals surface area contributed by atoms with Crippen LogP contribution in [0.5, 0.6) is 0 Å². The number of aromatic nitrogens is 2. The molecule has 6 heteroatoms. The minimum atomic E-state index is -0.155. The number of nitrogens with zero attached hydrogens (tertiary/aromatic N) is 3. The van der Waals surface area contributed by atoms with Crippen molar-refractivity contribution in [1.29, 1.82) is 0 Å². The van der Waals surface area contributed by atoms with Crippen LogP contribution >= 0.6 is 15.9 Å². The van der Waals surface area contributed by atoms with Gasteiger partial charge in [-0.15, -0.1) is 6.58 Å². The molecule has 0 spiro atoms. The molecule has 1 rings (SSSR count). The van der Waals surface area contributed by atoms with Crippen molar-refractivity contribution in [3.8, 4) is 0 Å². The fourth-order valence-corrected chi connectivity index (χ4v) is 2.09. The SMILES string of the molecule is C=CCn1ncc(N(CC)CCN)c(Br)c1=O. The van der Waals surface area contributed by atoms with Gasteiger partial charge >= 0.3 is 0 Å². The number of likely N-dealkylation sites (N-methyl/N-ethyl adjacent to an activating group) is 1. The van der Waals surface area contributed by atoms with Gasteiger partial charge in [-0.05, 0) is 22.9 Å².